The van der Waals surface area contributed by atoms with Crippen molar-refractivity contribution in [1.82, 2.24) is 9.88 Å². The summed E-state index contributed by atoms with van der Waals surface area (Å²) in [5.74, 6) is -0.372. The van der Waals surface area contributed by atoms with E-state index in [0.29, 0.717) is 32.7 Å². The zero-order chi connectivity index (χ0) is 16.2. The summed E-state index contributed by atoms with van der Waals surface area (Å²) < 4.78 is 28.3. The van der Waals surface area contributed by atoms with Crippen molar-refractivity contribution in [3.05, 3.63) is 23.9 Å². The van der Waals surface area contributed by atoms with Crippen molar-refractivity contribution in [1.29, 1.82) is 0 Å². The van der Waals surface area contributed by atoms with Gasteiger partial charge in [-0.3, -0.25) is 9.69 Å². The average molecular weight is 327 g/mol. The number of hydrogen-bond acceptors (Lipinski definition) is 6. The van der Waals surface area contributed by atoms with Gasteiger partial charge in [-0.15, -0.1) is 0 Å². The van der Waals surface area contributed by atoms with Crippen LogP contribution in [0.15, 0.2) is 23.4 Å². The van der Waals surface area contributed by atoms with Crippen molar-refractivity contribution in [2.75, 3.05) is 32.6 Å². The molecule has 2 N–H and O–H groups in total. The lowest BCUT2D eigenvalue weighted by Crippen LogP contribution is -2.52. The first-order valence-electron chi connectivity index (χ1n) is 7.14. The molecule has 1 aromatic rings. The lowest BCUT2D eigenvalue weighted by atomic mass is 10.1. The highest BCUT2D eigenvalue weighted by Gasteiger charge is 2.26. The highest BCUT2D eigenvalue weighted by molar-refractivity contribution is 7.90. The van der Waals surface area contributed by atoms with E-state index in [2.05, 4.69) is 4.98 Å². The average Bonchev–Trinajstić information content (AvgIpc) is 2.47. The van der Waals surface area contributed by atoms with Gasteiger partial charge in [0.1, 0.15) is 6.04 Å². The number of nitrogens with zero attached hydrogens (tertiary/aromatic N) is 2. The molecular formula is C14H21N3O4S. The summed E-state index contributed by atoms with van der Waals surface area (Å²) >= 11 is 0. The van der Waals surface area contributed by atoms with Crippen LogP contribution >= 0.6 is 0 Å². The van der Waals surface area contributed by atoms with Crippen LogP contribution in [0.3, 0.4) is 0 Å². The molecular weight excluding hydrogens is 306 g/mol. The minimum Gasteiger partial charge on any atom is -0.378 e. The van der Waals surface area contributed by atoms with Gasteiger partial charge in [0.05, 0.1) is 13.2 Å². The van der Waals surface area contributed by atoms with Gasteiger partial charge < -0.3 is 10.5 Å². The summed E-state index contributed by atoms with van der Waals surface area (Å²) in [6, 6.07) is 3.03. The van der Waals surface area contributed by atoms with Crippen LogP contribution in [0, 0.1) is 0 Å². The van der Waals surface area contributed by atoms with Gasteiger partial charge in [0.2, 0.25) is 5.91 Å². The van der Waals surface area contributed by atoms with Gasteiger partial charge in [-0.2, -0.15) is 0 Å². The Labute approximate surface area is 130 Å². The quantitative estimate of drug-likeness (QED) is 0.763. The van der Waals surface area contributed by atoms with Crippen LogP contribution in [0.5, 0.6) is 0 Å². The molecule has 1 amide bonds. The number of ether oxygens (including phenoxy) is 1. The van der Waals surface area contributed by atoms with E-state index in [1.165, 1.54) is 6.20 Å². The molecule has 0 bridgehead atoms. The zero-order valence-electron chi connectivity index (χ0n) is 12.6. The van der Waals surface area contributed by atoms with E-state index in [1.807, 2.05) is 4.90 Å². The topological polar surface area (TPSA) is 103 Å². The number of nitrogens with two attached hydrogens (primary N) is 1. The van der Waals surface area contributed by atoms with Gasteiger partial charge in [-0.05, 0) is 37.1 Å². The number of morpholine rings is 1. The molecule has 7 nitrogen and oxygen atoms in total. The van der Waals surface area contributed by atoms with Crippen LogP contribution < -0.4 is 5.73 Å². The number of hydrogen-bond donors (Lipinski definition) is 1. The van der Waals surface area contributed by atoms with Gasteiger partial charge >= 0.3 is 0 Å². The van der Waals surface area contributed by atoms with E-state index in [0.717, 1.165) is 18.2 Å². The molecule has 0 saturated carbocycles. The molecule has 0 spiro atoms. The normalized spacial score (nSPS) is 20.0. The van der Waals surface area contributed by atoms with Crippen molar-refractivity contribution in [3.8, 4) is 0 Å². The number of amides is 1. The zero-order valence-corrected chi connectivity index (χ0v) is 13.4. The monoisotopic (exact) mass is 327 g/mol. The molecule has 122 valence electrons. The molecule has 1 fully saturated rings. The summed E-state index contributed by atoms with van der Waals surface area (Å²) in [5, 5.41) is 0.0892. The molecule has 1 aliphatic heterocycles. The first-order valence-corrected chi connectivity index (χ1v) is 9.03. The maximum atomic E-state index is 11.5. The van der Waals surface area contributed by atoms with E-state index in [9.17, 15) is 13.2 Å². The number of aryl methyl sites for hydroxylation is 1. The molecule has 1 aliphatic rings. The van der Waals surface area contributed by atoms with E-state index in [1.54, 1.807) is 12.1 Å². The third-order valence-corrected chi connectivity index (χ3v) is 4.64. The minimum atomic E-state index is -3.29. The number of sulfone groups is 1. The molecule has 2 rings (SSSR count). The fraction of sp³-hybridized carbons (Fsp3) is 0.571. The number of rotatable bonds is 6. The Bertz CT molecular complexity index is 633. The van der Waals surface area contributed by atoms with E-state index in [4.69, 9.17) is 10.5 Å². The highest BCUT2D eigenvalue weighted by Crippen LogP contribution is 2.12. The molecule has 0 aromatic carbocycles. The van der Waals surface area contributed by atoms with E-state index >= 15 is 0 Å². The summed E-state index contributed by atoms with van der Waals surface area (Å²) in [4.78, 5) is 17.3. The second-order valence-corrected chi connectivity index (χ2v) is 7.37. The molecule has 0 radical (unpaired) electrons. The second kappa shape index (κ2) is 7.17. The summed E-state index contributed by atoms with van der Waals surface area (Å²) in [6.07, 6.45) is 4.17. The number of carbonyl (C=O) groups is 1. The standard InChI is InChI=1S/C14H21N3O4S/c1-22(19,20)13-9-11(4-5-16-13)3-2-6-17-7-8-21-10-12(17)14(15)18/h4-5,9,12H,2-3,6-8,10H2,1H3,(H2,15,18). The van der Waals surface area contributed by atoms with Crippen LogP contribution in [0.25, 0.3) is 0 Å². The first kappa shape index (κ1) is 16.9. The molecule has 1 saturated heterocycles. The Morgan fingerprint density at radius 3 is 3.00 bits per heavy atom. The molecule has 22 heavy (non-hydrogen) atoms. The molecule has 1 atom stereocenters. The van der Waals surface area contributed by atoms with Crippen LogP contribution in [0.2, 0.25) is 0 Å². The number of carbonyl (C=O) groups excluding carboxylic acids is 1. The Balaban J connectivity index is 1.92. The third kappa shape index (κ3) is 4.49. The van der Waals surface area contributed by atoms with Gasteiger partial charge in [-0.1, -0.05) is 0 Å². The summed E-state index contributed by atoms with van der Waals surface area (Å²) in [7, 11) is -3.29. The fourth-order valence-electron chi connectivity index (χ4n) is 2.46. The maximum Gasteiger partial charge on any atom is 0.237 e. The maximum absolute atomic E-state index is 11.5. The molecule has 0 aliphatic carbocycles. The van der Waals surface area contributed by atoms with Crippen molar-refractivity contribution >= 4 is 15.7 Å². The predicted octanol–water partition coefficient (Wildman–Crippen LogP) is -0.396. The Morgan fingerprint density at radius 2 is 2.32 bits per heavy atom. The van der Waals surface area contributed by atoms with Crippen LogP contribution in [0.1, 0.15) is 12.0 Å². The van der Waals surface area contributed by atoms with Crippen molar-refractivity contribution in [2.45, 2.75) is 23.9 Å². The number of pyridine rings is 1. The molecule has 1 unspecified atom stereocenters. The van der Waals surface area contributed by atoms with Crippen molar-refractivity contribution in [2.24, 2.45) is 5.73 Å². The second-order valence-electron chi connectivity index (χ2n) is 5.41. The minimum absolute atomic E-state index is 0.0892. The van der Waals surface area contributed by atoms with Gasteiger partial charge in [0.25, 0.3) is 0 Å². The van der Waals surface area contributed by atoms with E-state index in [-0.39, 0.29) is 17.0 Å². The Hall–Kier alpha value is -1.51. The number of aromatic nitrogens is 1. The Morgan fingerprint density at radius 1 is 1.55 bits per heavy atom. The lowest BCUT2D eigenvalue weighted by molar-refractivity contribution is -0.129. The van der Waals surface area contributed by atoms with Crippen LogP contribution in [-0.4, -0.2) is 62.8 Å². The predicted molar refractivity (Wildman–Crippen MR) is 81.0 cm³/mol. The smallest absolute Gasteiger partial charge is 0.237 e. The van der Waals surface area contributed by atoms with E-state index < -0.39 is 9.84 Å². The van der Waals surface area contributed by atoms with Gasteiger partial charge in [0.15, 0.2) is 14.9 Å². The van der Waals surface area contributed by atoms with Crippen LogP contribution in [0.4, 0.5) is 0 Å². The number of primary amides is 1. The van der Waals surface area contributed by atoms with Crippen molar-refractivity contribution in [3.63, 3.8) is 0 Å². The Kier molecular flexibility index (Phi) is 5.49. The molecule has 2 heterocycles. The van der Waals surface area contributed by atoms with Gasteiger partial charge in [-0.25, -0.2) is 13.4 Å². The van der Waals surface area contributed by atoms with Gasteiger partial charge in [0, 0.05) is 19.0 Å². The van der Waals surface area contributed by atoms with Crippen molar-refractivity contribution < 1.29 is 17.9 Å². The molecule has 1 aromatic heterocycles. The highest BCUT2D eigenvalue weighted by atomic mass is 32.2. The molecule has 8 heteroatoms. The third-order valence-electron chi connectivity index (χ3n) is 3.66. The first-order chi connectivity index (χ1) is 10.4. The van der Waals surface area contributed by atoms with Crippen LogP contribution in [-0.2, 0) is 25.8 Å². The summed E-state index contributed by atoms with van der Waals surface area (Å²) in [5.41, 5.74) is 6.29. The lowest BCUT2D eigenvalue weighted by Gasteiger charge is -2.33. The SMILES string of the molecule is CS(=O)(=O)c1cc(CCCN2CCOCC2C(N)=O)ccn1. The largest absolute Gasteiger partial charge is 0.378 e. The summed E-state index contributed by atoms with van der Waals surface area (Å²) in [6.45, 7) is 2.33. The fourth-order valence-corrected chi connectivity index (χ4v) is 3.08.